The van der Waals surface area contributed by atoms with Gasteiger partial charge in [0.05, 0.1) is 0 Å². The number of ether oxygens (including phenoxy) is 2. The molecule has 0 spiro atoms. The van der Waals surface area contributed by atoms with Gasteiger partial charge in [0.1, 0.15) is 0 Å². The number of carboxylic acids is 1. The fraction of sp³-hybridized carbons (Fsp3) is 0.750. The van der Waals surface area contributed by atoms with E-state index >= 15 is 0 Å². The zero-order valence-electron chi connectivity index (χ0n) is 5.82. The molecule has 0 unspecified atom stereocenters. The van der Waals surface area contributed by atoms with Crippen LogP contribution in [0.2, 0.25) is 0 Å². The number of rotatable bonds is 3. The second kappa shape index (κ2) is 10.5. The van der Waals surface area contributed by atoms with Gasteiger partial charge in [0, 0.05) is 14.2 Å². The molecular weight excluding hydrogens is 242 g/mol. The Morgan fingerprint density at radius 2 is 1.73 bits per heavy atom. The molecule has 0 amide bonds. The molecule has 4 nitrogen and oxygen atoms in total. The summed E-state index contributed by atoms with van der Waals surface area (Å²) in [6, 6.07) is 0. The van der Waals surface area contributed by atoms with E-state index in [4.69, 9.17) is 25.5 Å². The van der Waals surface area contributed by atoms with Gasteiger partial charge in [0.25, 0.3) is 6.29 Å². The third-order valence-electron chi connectivity index (χ3n) is 0.630. The van der Waals surface area contributed by atoms with Crippen molar-refractivity contribution < 1.29 is 32.0 Å². The van der Waals surface area contributed by atoms with Crippen LogP contribution in [0.25, 0.3) is 0 Å². The summed E-state index contributed by atoms with van der Waals surface area (Å²) < 4.78 is 8.68. The fourth-order valence-corrected chi connectivity index (χ4v) is 0.298. The molecule has 72 valence electrons. The first-order valence-electron chi connectivity index (χ1n) is 2.24. The van der Waals surface area contributed by atoms with Crippen LogP contribution >= 0.6 is 20.4 Å². The van der Waals surface area contributed by atoms with E-state index < -0.39 is 12.3 Å². The molecule has 0 fully saturated rings. The molecule has 0 rings (SSSR count). The molecule has 11 heavy (non-hydrogen) atoms. The standard InChI is InChI=1S/C4H8O4.2ClH.Ni/c1-7-4(8-2)3(5)6;;;/h4H,1-2H3,(H,5,6);2*1H;/q;;;+2/p-2. The van der Waals surface area contributed by atoms with E-state index in [2.05, 4.69) is 9.47 Å². The van der Waals surface area contributed by atoms with E-state index in [0.29, 0.717) is 12.7 Å². The number of carboxylic acid groups (broad SMARTS) is 1. The van der Waals surface area contributed by atoms with Gasteiger partial charge < -0.3 is 14.6 Å². The molecule has 0 bridgehead atoms. The van der Waals surface area contributed by atoms with Crippen molar-refractivity contribution in [3.63, 3.8) is 0 Å². The van der Waals surface area contributed by atoms with Crippen molar-refractivity contribution in [2.24, 2.45) is 0 Å². The third-order valence-corrected chi connectivity index (χ3v) is 0.630. The molecule has 7 heteroatoms. The monoisotopic (exact) mass is 248 g/mol. The van der Waals surface area contributed by atoms with Gasteiger partial charge in [0.2, 0.25) is 0 Å². The zero-order chi connectivity index (χ0) is 9.28. The van der Waals surface area contributed by atoms with Crippen LogP contribution in [0.4, 0.5) is 0 Å². The van der Waals surface area contributed by atoms with Crippen LogP contribution in [0.15, 0.2) is 0 Å². The fourth-order valence-electron chi connectivity index (χ4n) is 0.298. The molecule has 1 N–H and O–H groups in total. The van der Waals surface area contributed by atoms with Crippen LogP contribution in [0.1, 0.15) is 0 Å². The Kier molecular flexibility index (Phi) is 13.3. The number of hydrogen-bond acceptors (Lipinski definition) is 3. The number of carbonyl (C=O) groups is 1. The molecule has 0 heterocycles. The Morgan fingerprint density at radius 1 is 1.45 bits per heavy atom. The Labute approximate surface area is 79.1 Å². The zero-order valence-corrected chi connectivity index (χ0v) is 8.32. The number of aliphatic carboxylic acids is 1. The van der Waals surface area contributed by atoms with Crippen molar-refractivity contribution in [2.75, 3.05) is 14.2 Å². The summed E-state index contributed by atoms with van der Waals surface area (Å²) in [5.74, 6) is -1.12. The van der Waals surface area contributed by atoms with E-state index in [0.717, 1.165) is 0 Å². The third kappa shape index (κ3) is 10.5. The average Bonchev–Trinajstić information content (AvgIpc) is 1.91. The second-order valence-corrected chi connectivity index (χ2v) is 2.82. The van der Waals surface area contributed by atoms with Crippen LogP contribution < -0.4 is 0 Å². The van der Waals surface area contributed by atoms with Crippen LogP contribution in [-0.4, -0.2) is 31.6 Å². The summed E-state index contributed by atoms with van der Waals surface area (Å²) in [5, 5.41) is 8.12. The van der Waals surface area contributed by atoms with Gasteiger partial charge in [-0.3, -0.25) is 0 Å². The predicted molar refractivity (Wildman–Crippen MR) is 37.1 cm³/mol. The normalized spacial score (nSPS) is 9.18. The molecule has 0 saturated carbocycles. The van der Waals surface area contributed by atoms with Crippen molar-refractivity contribution in [1.82, 2.24) is 0 Å². The summed E-state index contributed by atoms with van der Waals surface area (Å²) >= 11 is 0.569. The van der Waals surface area contributed by atoms with Crippen LogP contribution in [0.3, 0.4) is 0 Å². The molecule has 0 saturated heterocycles. The summed E-state index contributed by atoms with van der Waals surface area (Å²) in [7, 11) is 11.9. The predicted octanol–water partition coefficient (Wildman–Crippen LogP) is 1.07. The van der Waals surface area contributed by atoms with E-state index in [-0.39, 0.29) is 0 Å². The summed E-state index contributed by atoms with van der Waals surface area (Å²) in [5.41, 5.74) is 0. The number of halogens is 2. The van der Waals surface area contributed by atoms with Crippen LogP contribution in [0.5, 0.6) is 0 Å². The minimum absolute atomic E-state index is 0.569. The van der Waals surface area contributed by atoms with Crippen molar-refractivity contribution >= 4 is 26.4 Å². The first-order valence-corrected chi connectivity index (χ1v) is 4.96. The Balaban J connectivity index is 0. The van der Waals surface area contributed by atoms with E-state index in [9.17, 15) is 4.79 Å². The SMILES string of the molecule is COC(OC)C(=O)O.[Cl][Ni][Cl]. The summed E-state index contributed by atoms with van der Waals surface area (Å²) in [4.78, 5) is 9.91. The van der Waals surface area contributed by atoms with Gasteiger partial charge in [-0.05, 0) is 0 Å². The van der Waals surface area contributed by atoms with Crippen molar-refractivity contribution in [2.45, 2.75) is 6.29 Å². The van der Waals surface area contributed by atoms with Gasteiger partial charge in [-0.1, -0.05) is 0 Å². The number of hydrogen-bond donors (Lipinski definition) is 1. The van der Waals surface area contributed by atoms with Gasteiger partial charge >= 0.3 is 39.0 Å². The molecular formula is C4H8Cl2NiO4. The Hall–Kier alpha value is 0.464. The van der Waals surface area contributed by atoms with Crippen LogP contribution in [-0.2, 0) is 26.9 Å². The molecule has 0 aliphatic rings. The Morgan fingerprint density at radius 3 is 1.73 bits per heavy atom. The maximum absolute atomic E-state index is 9.91. The van der Waals surface area contributed by atoms with Gasteiger partial charge in [-0.2, -0.15) is 0 Å². The van der Waals surface area contributed by atoms with E-state index in [1.54, 1.807) is 0 Å². The van der Waals surface area contributed by atoms with Crippen molar-refractivity contribution in [3.8, 4) is 0 Å². The van der Waals surface area contributed by atoms with E-state index in [1.807, 2.05) is 0 Å². The topological polar surface area (TPSA) is 55.8 Å². The van der Waals surface area contributed by atoms with Crippen LogP contribution in [0, 0.1) is 0 Å². The quantitative estimate of drug-likeness (QED) is 0.600. The summed E-state index contributed by atoms with van der Waals surface area (Å²) in [6.07, 6.45) is -1.13. The molecule has 0 atom stereocenters. The van der Waals surface area contributed by atoms with Gasteiger partial charge in [-0.25, -0.2) is 4.79 Å². The first-order chi connectivity index (χ1) is 5.13. The average molecular weight is 250 g/mol. The number of methoxy groups -OCH3 is 2. The maximum atomic E-state index is 9.91. The van der Waals surface area contributed by atoms with Gasteiger partial charge in [0.15, 0.2) is 0 Å². The first kappa shape index (κ1) is 14.0. The molecule has 0 aromatic heterocycles. The Bertz CT molecular complexity index is 98.1. The second-order valence-electron chi connectivity index (χ2n) is 1.19. The summed E-state index contributed by atoms with van der Waals surface area (Å²) in [6.45, 7) is 0. The van der Waals surface area contributed by atoms with E-state index in [1.165, 1.54) is 14.2 Å². The van der Waals surface area contributed by atoms with Gasteiger partial charge in [-0.15, -0.1) is 0 Å². The molecule has 0 aliphatic carbocycles. The van der Waals surface area contributed by atoms with Crippen molar-refractivity contribution in [3.05, 3.63) is 0 Å². The van der Waals surface area contributed by atoms with Crippen molar-refractivity contribution in [1.29, 1.82) is 0 Å². The molecule has 0 aromatic rings. The minimum atomic E-state index is -1.13. The molecule has 0 radical (unpaired) electrons. The molecule has 0 aromatic carbocycles. The molecule has 0 aliphatic heterocycles.